The average Bonchev–Trinajstić information content (AvgIpc) is 2.61. The molecule has 0 saturated carbocycles. The molecule has 0 aromatic heterocycles. The monoisotopic (exact) mass is 209 g/mol. The van der Waals surface area contributed by atoms with Crippen molar-refractivity contribution in [2.45, 2.75) is 32.2 Å². The van der Waals surface area contributed by atoms with Crippen molar-refractivity contribution in [2.75, 3.05) is 6.54 Å². The fourth-order valence-electron chi connectivity index (χ4n) is 2.57. The van der Waals surface area contributed by atoms with E-state index in [1.807, 2.05) is 0 Å². The third-order valence-electron chi connectivity index (χ3n) is 3.30. The van der Waals surface area contributed by atoms with E-state index in [1.54, 1.807) is 22.3 Å². The summed E-state index contributed by atoms with van der Waals surface area (Å²) in [5.41, 5.74) is 6.38. The van der Waals surface area contributed by atoms with Crippen LogP contribution in [0.25, 0.3) is 0 Å². The van der Waals surface area contributed by atoms with Crippen molar-refractivity contribution in [3.63, 3.8) is 0 Å². The SMILES string of the molecule is Cl.c1c2c(cc3c1CCNC3)CCC2. The fourth-order valence-corrected chi connectivity index (χ4v) is 2.57. The topological polar surface area (TPSA) is 12.0 Å². The molecular formula is C12H16ClN. The summed E-state index contributed by atoms with van der Waals surface area (Å²) in [5.74, 6) is 0. The second-order valence-electron chi connectivity index (χ2n) is 4.17. The summed E-state index contributed by atoms with van der Waals surface area (Å²) in [6.07, 6.45) is 5.22. The molecule has 14 heavy (non-hydrogen) atoms. The molecule has 1 heterocycles. The molecule has 0 unspecified atom stereocenters. The maximum Gasteiger partial charge on any atom is 0.0208 e. The van der Waals surface area contributed by atoms with Crippen molar-refractivity contribution < 1.29 is 0 Å². The Kier molecular flexibility index (Phi) is 2.80. The molecule has 2 heteroatoms. The largest absolute Gasteiger partial charge is 0.312 e. The molecule has 1 nitrogen and oxygen atoms in total. The number of nitrogens with one attached hydrogen (secondary N) is 1. The second-order valence-corrected chi connectivity index (χ2v) is 4.17. The molecule has 1 aliphatic carbocycles. The van der Waals surface area contributed by atoms with Gasteiger partial charge in [0, 0.05) is 6.54 Å². The molecule has 0 amide bonds. The van der Waals surface area contributed by atoms with Gasteiger partial charge in [-0.25, -0.2) is 0 Å². The molecule has 2 aliphatic rings. The summed E-state index contributed by atoms with van der Waals surface area (Å²) < 4.78 is 0. The molecule has 1 N–H and O–H groups in total. The van der Waals surface area contributed by atoms with E-state index in [2.05, 4.69) is 17.4 Å². The molecule has 0 saturated heterocycles. The molecular weight excluding hydrogens is 194 g/mol. The molecule has 0 spiro atoms. The van der Waals surface area contributed by atoms with Gasteiger partial charge in [-0.2, -0.15) is 0 Å². The molecule has 1 aliphatic heterocycles. The van der Waals surface area contributed by atoms with Gasteiger partial charge in [0.2, 0.25) is 0 Å². The lowest BCUT2D eigenvalue weighted by Crippen LogP contribution is -2.23. The van der Waals surface area contributed by atoms with Gasteiger partial charge in [-0.15, -0.1) is 12.4 Å². The number of benzene rings is 1. The van der Waals surface area contributed by atoms with Crippen LogP contribution in [0.3, 0.4) is 0 Å². The lowest BCUT2D eigenvalue weighted by molar-refractivity contribution is 0.642. The quantitative estimate of drug-likeness (QED) is 0.691. The molecule has 0 atom stereocenters. The Balaban J connectivity index is 0.000000750. The van der Waals surface area contributed by atoms with Gasteiger partial charge in [0.1, 0.15) is 0 Å². The van der Waals surface area contributed by atoms with E-state index in [0.717, 1.165) is 13.1 Å². The summed E-state index contributed by atoms with van der Waals surface area (Å²) in [5, 5.41) is 3.43. The number of rotatable bonds is 0. The maximum absolute atomic E-state index is 3.43. The first-order chi connectivity index (χ1) is 6.43. The Morgan fingerprint density at radius 1 is 0.857 bits per heavy atom. The zero-order chi connectivity index (χ0) is 8.67. The summed E-state index contributed by atoms with van der Waals surface area (Å²) in [4.78, 5) is 0. The van der Waals surface area contributed by atoms with Gasteiger partial charge in [-0.1, -0.05) is 12.1 Å². The molecule has 3 rings (SSSR count). The Bertz CT molecular complexity index is 313. The molecule has 0 fully saturated rings. The van der Waals surface area contributed by atoms with Gasteiger partial charge >= 0.3 is 0 Å². The first-order valence-electron chi connectivity index (χ1n) is 5.28. The number of halogens is 1. The predicted octanol–water partition coefficient (Wildman–Crippen LogP) is 2.24. The third-order valence-corrected chi connectivity index (χ3v) is 3.30. The Morgan fingerprint density at radius 3 is 2.29 bits per heavy atom. The van der Waals surface area contributed by atoms with E-state index in [9.17, 15) is 0 Å². The van der Waals surface area contributed by atoms with Gasteiger partial charge in [-0.3, -0.25) is 0 Å². The third kappa shape index (κ3) is 1.55. The zero-order valence-corrected chi connectivity index (χ0v) is 9.12. The van der Waals surface area contributed by atoms with Crippen molar-refractivity contribution in [3.05, 3.63) is 34.4 Å². The van der Waals surface area contributed by atoms with Gasteiger partial charge in [-0.05, 0) is 54.5 Å². The number of hydrogen-bond donors (Lipinski definition) is 1. The summed E-state index contributed by atoms with van der Waals surface area (Å²) in [7, 11) is 0. The first-order valence-corrected chi connectivity index (χ1v) is 5.28. The van der Waals surface area contributed by atoms with Gasteiger partial charge in [0.25, 0.3) is 0 Å². The predicted molar refractivity (Wildman–Crippen MR) is 61.1 cm³/mol. The van der Waals surface area contributed by atoms with E-state index >= 15 is 0 Å². The lowest BCUT2D eigenvalue weighted by atomic mass is 9.96. The molecule has 0 bridgehead atoms. The maximum atomic E-state index is 3.43. The highest BCUT2D eigenvalue weighted by Gasteiger charge is 2.15. The van der Waals surface area contributed by atoms with Gasteiger partial charge in [0.15, 0.2) is 0 Å². The summed E-state index contributed by atoms with van der Waals surface area (Å²) in [6, 6.07) is 4.89. The van der Waals surface area contributed by atoms with Crippen LogP contribution in [0.15, 0.2) is 12.1 Å². The van der Waals surface area contributed by atoms with E-state index in [1.165, 1.54) is 25.7 Å². The molecule has 1 aromatic carbocycles. The van der Waals surface area contributed by atoms with Crippen molar-refractivity contribution in [2.24, 2.45) is 0 Å². The second kappa shape index (κ2) is 3.92. The molecule has 76 valence electrons. The summed E-state index contributed by atoms with van der Waals surface area (Å²) >= 11 is 0. The van der Waals surface area contributed by atoms with Crippen molar-refractivity contribution in [1.82, 2.24) is 5.32 Å². The standard InChI is InChI=1S/C12H15N.ClH/c1-2-9-6-11-4-5-13-8-12(11)7-10(9)3-1;/h6-7,13H,1-5,8H2;1H. The van der Waals surface area contributed by atoms with Gasteiger partial charge in [0.05, 0.1) is 0 Å². The fraction of sp³-hybridized carbons (Fsp3) is 0.500. The van der Waals surface area contributed by atoms with Gasteiger partial charge < -0.3 is 5.32 Å². The average molecular weight is 210 g/mol. The Morgan fingerprint density at radius 2 is 1.50 bits per heavy atom. The van der Waals surface area contributed by atoms with Crippen LogP contribution in [0.2, 0.25) is 0 Å². The van der Waals surface area contributed by atoms with E-state index in [0.29, 0.717) is 0 Å². The minimum atomic E-state index is 0. The minimum absolute atomic E-state index is 0. The highest BCUT2D eigenvalue weighted by atomic mass is 35.5. The van der Waals surface area contributed by atoms with Crippen molar-refractivity contribution in [3.8, 4) is 0 Å². The highest BCUT2D eigenvalue weighted by molar-refractivity contribution is 5.85. The lowest BCUT2D eigenvalue weighted by Gasteiger charge is -2.18. The van der Waals surface area contributed by atoms with Crippen LogP contribution in [0.5, 0.6) is 0 Å². The summed E-state index contributed by atoms with van der Waals surface area (Å²) in [6.45, 7) is 2.24. The van der Waals surface area contributed by atoms with E-state index in [-0.39, 0.29) is 12.4 Å². The van der Waals surface area contributed by atoms with Crippen LogP contribution in [-0.2, 0) is 25.8 Å². The Hall–Kier alpha value is -0.530. The van der Waals surface area contributed by atoms with Crippen molar-refractivity contribution >= 4 is 12.4 Å². The first kappa shape index (κ1) is 10.0. The Labute approximate surface area is 91.3 Å². The number of fused-ring (bicyclic) bond motifs is 2. The van der Waals surface area contributed by atoms with Crippen LogP contribution >= 0.6 is 12.4 Å². The van der Waals surface area contributed by atoms with Crippen LogP contribution in [-0.4, -0.2) is 6.54 Å². The minimum Gasteiger partial charge on any atom is -0.312 e. The molecule has 1 aromatic rings. The number of hydrogen-bond acceptors (Lipinski definition) is 1. The van der Waals surface area contributed by atoms with Crippen LogP contribution in [0.1, 0.15) is 28.7 Å². The van der Waals surface area contributed by atoms with E-state index in [4.69, 9.17) is 0 Å². The normalized spacial score (nSPS) is 18.3. The van der Waals surface area contributed by atoms with E-state index < -0.39 is 0 Å². The zero-order valence-electron chi connectivity index (χ0n) is 8.31. The highest BCUT2D eigenvalue weighted by Crippen LogP contribution is 2.26. The van der Waals surface area contributed by atoms with Crippen LogP contribution in [0.4, 0.5) is 0 Å². The smallest absolute Gasteiger partial charge is 0.0208 e. The number of aryl methyl sites for hydroxylation is 2. The molecule has 0 radical (unpaired) electrons. The van der Waals surface area contributed by atoms with Crippen LogP contribution in [0, 0.1) is 0 Å². The van der Waals surface area contributed by atoms with Crippen molar-refractivity contribution in [1.29, 1.82) is 0 Å². The van der Waals surface area contributed by atoms with Crippen LogP contribution < -0.4 is 5.32 Å².